The summed E-state index contributed by atoms with van der Waals surface area (Å²) in [5, 5.41) is 9.45. The van der Waals surface area contributed by atoms with Crippen molar-refractivity contribution in [2.24, 2.45) is 5.73 Å². The first-order chi connectivity index (χ1) is 6.70. The van der Waals surface area contributed by atoms with Gasteiger partial charge < -0.3 is 15.3 Å². The van der Waals surface area contributed by atoms with Gasteiger partial charge in [0, 0.05) is 6.54 Å². The van der Waals surface area contributed by atoms with Crippen LogP contribution in [0.15, 0.2) is 27.4 Å². The van der Waals surface area contributed by atoms with Crippen LogP contribution in [0.2, 0.25) is 0 Å². The van der Waals surface area contributed by atoms with Crippen molar-refractivity contribution in [3.63, 3.8) is 0 Å². The molecule has 4 nitrogen and oxygen atoms in total. The van der Waals surface area contributed by atoms with Crippen LogP contribution in [0, 0.1) is 0 Å². The van der Waals surface area contributed by atoms with Gasteiger partial charge >= 0.3 is 4.94 Å². The highest BCUT2D eigenvalue weighted by Crippen LogP contribution is 2.21. The summed E-state index contributed by atoms with van der Waals surface area (Å²) in [5.74, 6) is 0. The first kappa shape index (κ1) is 9.39. The zero-order valence-electron chi connectivity index (χ0n) is 7.27. The van der Waals surface area contributed by atoms with Crippen LogP contribution in [-0.4, -0.2) is 11.7 Å². The van der Waals surface area contributed by atoms with E-state index in [0.717, 1.165) is 16.0 Å². The van der Waals surface area contributed by atoms with Crippen LogP contribution in [0.4, 0.5) is 0 Å². The number of benzene rings is 1. The molecular weight excluding hydrogens is 202 g/mol. The molecule has 1 aromatic carbocycles. The highest BCUT2D eigenvalue weighted by Gasteiger charge is 2.08. The Kier molecular flexibility index (Phi) is 2.37. The van der Waals surface area contributed by atoms with Gasteiger partial charge in [-0.15, -0.1) is 0 Å². The molecule has 0 bridgehead atoms. The van der Waals surface area contributed by atoms with Gasteiger partial charge in [-0.3, -0.25) is 0 Å². The van der Waals surface area contributed by atoms with Crippen molar-refractivity contribution >= 4 is 21.6 Å². The fourth-order valence-electron chi connectivity index (χ4n) is 1.23. The third kappa shape index (κ3) is 1.57. The molecule has 1 heterocycles. The molecule has 0 radical (unpaired) electrons. The fraction of sp³-hybridized carbons (Fsp3) is 0.222. The van der Waals surface area contributed by atoms with Crippen molar-refractivity contribution in [1.82, 2.24) is 0 Å². The monoisotopic (exact) mass is 211 g/mol. The predicted molar refractivity (Wildman–Crippen MR) is 54.4 cm³/mol. The zero-order valence-corrected chi connectivity index (χ0v) is 8.08. The van der Waals surface area contributed by atoms with E-state index in [9.17, 15) is 9.90 Å². The summed E-state index contributed by atoms with van der Waals surface area (Å²) in [5.41, 5.74) is 6.49. The molecule has 1 unspecified atom stereocenters. The first-order valence-corrected chi connectivity index (χ1v) is 4.94. The van der Waals surface area contributed by atoms with Gasteiger partial charge in [-0.25, -0.2) is 4.79 Å². The number of hydrogen-bond donors (Lipinski definition) is 2. The van der Waals surface area contributed by atoms with Crippen LogP contribution in [0.3, 0.4) is 0 Å². The molecule has 1 atom stereocenters. The molecule has 0 aliphatic carbocycles. The van der Waals surface area contributed by atoms with Gasteiger partial charge in [0.1, 0.15) is 5.58 Å². The maximum atomic E-state index is 10.9. The summed E-state index contributed by atoms with van der Waals surface area (Å²) in [6, 6.07) is 5.13. The molecule has 5 heteroatoms. The van der Waals surface area contributed by atoms with E-state index in [1.165, 1.54) is 0 Å². The molecule has 2 rings (SSSR count). The molecule has 14 heavy (non-hydrogen) atoms. The second-order valence-corrected chi connectivity index (χ2v) is 3.89. The van der Waals surface area contributed by atoms with Gasteiger partial charge in [0.05, 0.1) is 10.8 Å². The Labute approximate surface area is 83.6 Å². The zero-order chi connectivity index (χ0) is 10.1. The topological polar surface area (TPSA) is 76.5 Å². The highest BCUT2D eigenvalue weighted by molar-refractivity contribution is 7.16. The molecule has 0 fully saturated rings. The van der Waals surface area contributed by atoms with Crippen molar-refractivity contribution in [2.45, 2.75) is 6.10 Å². The van der Waals surface area contributed by atoms with Crippen molar-refractivity contribution in [3.05, 3.63) is 33.5 Å². The van der Waals surface area contributed by atoms with E-state index in [2.05, 4.69) is 0 Å². The van der Waals surface area contributed by atoms with E-state index in [1.54, 1.807) is 18.2 Å². The molecule has 2 aromatic rings. The van der Waals surface area contributed by atoms with Crippen molar-refractivity contribution in [3.8, 4) is 0 Å². The molecule has 3 N–H and O–H groups in total. The number of rotatable bonds is 2. The van der Waals surface area contributed by atoms with Crippen LogP contribution in [0.25, 0.3) is 10.3 Å². The fourth-order valence-corrected chi connectivity index (χ4v) is 1.88. The summed E-state index contributed by atoms with van der Waals surface area (Å²) in [6.07, 6.45) is -0.704. The highest BCUT2D eigenvalue weighted by atomic mass is 32.1. The van der Waals surface area contributed by atoms with Gasteiger partial charge in [0.25, 0.3) is 0 Å². The van der Waals surface area contributed by atoms with E-state index in [4.69, 9.17) is 10.2 Å². The summed E-state index contributed by atoms with van der Waals surface area (Å²) >= 11 is 1.05. The van der Waals surface area contributed by atoms with Crippen molar-refractivity contribution < 1.29 is 9.52 Å². The molecule has 0 aliphatic rings. The Morgan fingerprint density at radius 1 is 1.57 bits per heavy atom. The molecule has 0 spiro atoms. The molecule has 0 amide bonds. The lowest BCUT2D eigenvalue weighted by atomic mass is 10.1. The normalized spacial score (nSPS) is 13.3. The first-order valence-electron chi connectivity index (χ1n) is 4.12. The minimum absolute atomic E-state index is 0.153. The lowest BCUT2D eigenvalue weighted by molar-refractivity contribution is 0.187. The maximum Gasteiger partial charge on any atom is 0.396 e. The third-order valence-corrected chi connectivity index (χ3v) is 2.77. The number of aliphatic hydroxyl groups excluding tert-OH is 1. The molecule has 0 saturated carbocycles. The number of aliphatic hydroxyl groups is 1. The number of hydrogen-bond acceptors (Lipinski definition) is 5. The van der Waals surface area contributed by atoms with Gasteiger partial charge in [-0.1, -0.05) is 17.4 Å². The van der Waals surface area contributed by atoms with E-state index >= 15 is 0 Å². The smallest absolute Gasteiger partial charge is 0.396 e. The summed E-state index contributed by atoms with van der Waals surface area (Å²) in [7, 11) is 0. The third-order valence-electron chi connectivity index (χ3n) is 1.96. The molecule has 0 aliphatic heterocycles. The maximum absolute atomic E-state index is 10.9. The van der Waals surface area contributed by atoms with Crippen LogP contribution < -0.4 is 10.7 Å². The van der Waals surface area contributed by atoms with E-state index in [-0.39, 0.29) is 11.5 Å². The van der Waals surface area contributed by atoms with E-state index in [1.807, 2.05) is 0 Å². The van der Waals surface area contributed by atoms with E-state index < -0.39 is 6.10 Å². The Bertz CT molecular complexity index is 502. The van der Waals surface area contributed by atoms with Crippen molar-refractivity contribution in [2.75, 3.05) is 6.54 Å². The van der Waals surface area contributed by atoms with Gasteiger partial charge in [0.2, 0.25) is 0 Å². The van der Waals surface area contributed by atoms with Crippen LogP contribution in [0.5, 0.6) is 0 Å². The van der Waals surface area contributed by atoms with Crippen LogP contribution >= 0.6 is 11.3 Å². The number of fused-ring (bicyclic) bond motifs is 1. The van der Waals surface area contributed by atoms with Gasteiger partial charge in [-0.05, 0) is 17.7 Å². The second-order valence-electron chi connectivity index (χ2n) is 2.91. The minimum Gasteiger partial charge on any atom is -0.414 e. The largest absolute Gasteiger partial charge is 0.414 e. The molecule has 0 saturated heterocycles. The standard InChI is InChI=1S/C9H9NO3S/c10-4-6(11)5-1-2-8-7(3-5)13-9(12)14-8/h1-3,6,11H,4,10H2. The van der Waals surface area contributed by atoms with Gasteiger partial charge in [0.15, 0.2) is 0 Å². The van der Waals surface area contributed by atoms with Crippen LogP contribution in [-0.2, 0) is 0 Å². The van der Waals surface area contributed by atoms with Gasteiger partial charge in [-0.2, -0.15) is 0 Å². The molecule has 1 aromatic heterocycles. The van der Waals surface area contributed by atoms with Crippen molar-refractivity contribution in [1.29, 1.82) is 0 Å². The minimum atomic E-state index is -0.704. The quantitative estimate of drug-likeness (QED) is 0.772. The summed E-state index contributed by atoms with van der Waals surface area (Å²) in [6.45, 7) is 0.153. The number of nitrogens with two attached hydrogens (primary N) is 1. The lowest BCUT2D eigenvalue weighted by Crippen LogP contribution is -2.11. The Balaban J connectivity index is 2.55. The van der Waals surface area contributed by atoms with Crippen LogP contribution in [0.1, 0.15) is 11.7 Å². The second kappa shape index (κ2) is 3.53. The molecular formula is C9H9NO3S. The summed E-state index contributed by atoms with van der Waals surface area (Å²) < 4.78 is 5.69. The Morgan fingerprint density at radius 2 is 2.36 bits per heavy atom. The average Bonchev–Trinajstić information content (AvgIpc) is 2.55. The summed E-state index contributed by atoms with van der Waals surface area (Å²) in [4.78, 5) is 10.6. The SMILES string of the molecule is NCC(O)c1ccc2sc(=O)oc2c1. The lowest BCUT2D eigenvalue weighted by Gasteiger charge is -2.06. The Morgan fingerprint density at radius 3 is 3.07 bits per heavy atom. The Hall–Kier alpha value is -1.17. The predicted octanol–water partition coefficient (Wildman–Crippen LogP) is 0.847. The van der Waals surface area contributed by atoms with E-state index in [0.29, 0.717) is 11.1 Å². The average molecular weight is 211 g/mol. The molecule has 74 valence electrons.